The van der Waals surface area contributed by atoms with Crippen molar-refractivity contribution in [2.75, 3.05) is 42.5 Å². The van der Waals surface area contributed by atoms with E-state index in [9.17, 15) is 20.1 Å². The summed E-state index contributed by atoms with van der Waals surface area (Å²) in [6.07, 6.45) is 19.1. The number of aromatic nitrogens is 12. The predicted octanol–water partition coefficient (Wildman–Crippen LogP) is 16.5. The van der Waals surface area contributed by atoms with Crippen LogP contribution in [-0.4, -0.2) is 157 Å². The molecular formula is C95H95Cl2N21O6S2. The Morgan fingerprint density at radius 1 is 0.571 bits per heavy atom. The third-order valence-corrected chi connectivity index (χ3v) is 30.5. The number of halogens is 2. The van der Waals surface area contributed by atoms with E-state index in [0.29, 0.717) is 75.7 Å². The van der Waals surface area contributed by atoms with Gasteiger partial charge in [0, 0.05) is 107 Å². The van der Waals surface area contributed by atoms with Gasteiger partial charge in [-0.2, -0.15) is 10.5 Å². The zero-order chi connectivity index (χ0) is 86.2. The van der Waals surface area contributed by atoms with Crippen LogP contribution in [0.1, 0.15) is 223 Å². The quantitative estimate of drug-likeness (QED) is 0.0636. The SMILES string of the molecule is Cc1sc2c(c1C)C(c1ccc(CCC3CC4(C3)CC(C3CC(N5CC(c6ccc(C7=N[C@@H](Cc8ncco8)c8nnc(C)n8-c8sc(C)c(C)c87)cc6)C5)CN3c3ccc(C(=O)N[C@H]5CC[C@H](Oc6ccc(C#N)c(Cl)c6)CC5)nn3)CN(c3ccc(C(=O)N[C@H]5CC[C@H](Oc6ccc(C#N)c(Cl)c6)CC5)nn3)C4)cc1)=N[C@@H](Cc1ncco1)c1nnc(C)n1-2. The fourth-order valence-corrected chi connectivity index (χ4v) is 23.5. The minimum absolute atomic E-state index is 0.0336. The van der Waals surface area contributed by atoms with Crippen molar-refractivity contribution in [1.29, 1.82) is 10.5 Å². The minimum atomic E-state index is -0.379. The molecule has 2 N–H and O–H groups in total. The molecule has 5 aliphatic heterocycles. The largest absolute Gasteiger partial charge is 0.490 e. The number of rotatable bonds is 22. The number of nitrogens with zero attached hydrogens (tertiary/aromatic N) is 19. The van der Waals surface area contributed by atoms with Crippen LogP contribution in [0.4, 0.5) is 11.6 Å². The number of anilines is 2. The summed E-state index contributed by atoms with van der Waals surface area (Å²) in [7, 11) is 0. The van der Waals surface area contributed by atoms with Gasteiger partial charge in [0.2, 0.25) is 0 Å². The first kappa shape index (κ1) is 82.4. The number of carbonyl (C=O) groups excluding carboxylic acids is 2. The number of fused-ring (bicyclic) bond motifs is 6. The topological polar surface area (TPSA) is 324 Å². The second-order valence-corrected chi connectivity index (χ2v) is 38.7. The summed E-state index contributed by atoms with van der Waals surface area (Å²) in [5.74, 6) is 7.45. The molecule has 0 radical (unpaired) electrons. The lowest BCUT2D eigenvalue weighted by Gasteiger charge is -2.57. The molecule has 642 valence electrons. The zero-order valence-corrected chi connectivity index (χ0v) is 74.1. The second kappa shape index (κ2) is 34.5. The number of amides is 2. The molecule has 126 heavy (non-hydrogen) atoms. The van der Waals surface area contributed by atoms with Crippen LogP contribution in [0.5, 0.6) is 11.5 Å². The van der Waals surface area contributed by atoms with Crippen LogP contribution >= 0.6 is 45.9 Å². The normalized spacial score (nSPS) is 23.4. The molecule has 3 saturated carbocycles. The van der Waals surface area contributed by atoms with E-state index in [2.05, 4.69) is 143 Å². The molecule has 0 bridgehead atoms. The van der Waals surface area contributed by atoms with Crippen LogP contribution in [0.15, 0.2) is 153 Å². The number of oxazole rings is 2. The number of nitrogens with one attached hydrogen (secondary N) is 2. The standard InChI is InChI=1S/C95H95Cl2N21O6S2/c1-52-54(3)125-93-85(52)87(104-78(40-83-100-33-35-121-83)89-112-106-56(5)117(89)93)61-11-9-58(10-12-61)7-8-59-42-95(43-59)44-65(47-115(51-95)81-31-29-76(108-110-81)91(119)102-67-19-25-70(26-20-67)123-72-23-17-63(45-98)74(96)38-72)80-37-69(50-116(80)82-32-30-77(109-111-82)92(120)103-68-21-27-71(28-22-68)124-73-24-18-64(46-99)75(97)39-73)114-48-66(49-114)60-13-15-62(16-14-60)88-86-53(2)55(4)126-94(86)118-57(6)107-113-90(118)79(105-88)41-84-101-34-36-122-84/h9-18,23-24,29-36,38-39,59,65-71,78-80H,7-8,19-22,25-28,37,40-44,47-51H2,1-6H3,(H,102,119)(H,103,120)/t59?,65?,67-,68-,69?,70-,71-,78-,79-,80?,95?/m0/s1. The highest BCUT2D eigenvalue weighted by Gasteiger charge is 2.54. The van der Waals surface area contributed by atoms with Gasteiger partial charge < -0.3 is 38.7 Å². The number of aliphatic imine (C=N–C) groups is 2. The van der Waals surface area contributed by atoms with Crippen molar-refractivity contribution in [2.24, 2.45) is 27.2 Å². The highest BCUT2D eigenvalue weighted by atomic mass is 35.5. The summed E-state index contributed by atoms with van der Waals surface area (Å²) in [5, 5.41) is 66.2. The Morgan fingerprint density at radius 2 is 1.08 bits per heavy atom. The van der Waals surface area contributed by atoms with E-state index < -0.39 is 0 Å². The second-order valence-electron chi connectivity index (χ2n) is 35.5. The van der Waals surface area contributed by atoms with Crippen LogP contribution < -0.4 is 29.9 Å². The van der Waals surface area contributed by atoms with Gasteiger partial charge in [-0.15, -0.1) is 63.5 Å². The van der Waals surface area contributed by atoms with Gasteiger partial charge in [-0.25, -0.2) is 9.97 Å². The summed E-state index contributed by atoms with van der Waals surface area (Å²) in [4.78, 5) is 58.5. The van der Waals surface area contributed by atoms with Crippen LogP contribution in [0.3, 0.4) is 0 Å². The summed E-state index contributed by atoms with van der Waals surface area (Å²) < 4.78 is 28.5. The molecule has 31 heteroatoms. The molecule has 20 rings (SSSR count). The minimum Gasteiger partial charge on any atom is -0.490 e. The number of carbonyl (C=O) groups is 2. The Labute approximate surface area is 747 Å². The van der Waals surface area contributed by atoms with E-state index in [4.69, 9.17) is 82.1 Å². The molecule has 5 atom stereocenters. The molecule has 4 aromatic carbocycles. The average molecular weight is 1760 g/mol. The molecule has 13 heterocycles. The van der Waals surface area contributed by atoms with Gasteiger partial charge in [-0.05, 0) is 219 Å². The van der Waals surface area contributed by atoms with E-state index in [1.807, 2.05) is 38.1 Å². The first-order chi connectivity index (χ1) is 61.3. The van der Waals surface area contributed by atoms with Crippen molar-refractivity contribution in [3.63, 3.8) is 0 Å². The number of piperidine rings is 1. The van der Waals surface area contributed by atoms with Crippen LogP contribution in [0.25, 0.3) is 10.0 Å². The number of thiophene rings is 2. The van der Waals surface area contributed by atoms with Gasteiger partial charge in [0.15, 0.2) is 46.5 Å². The van der Waals surface area contributed by atoms with Gasteiger partial charge in [0.1, 0.15) is 69.9 Å². The Bertz CT molecular complexity index is 6220. The maximum absolute atomic E-state index is 14.2. The summed E-state index contributed by atoms with van der Waals surface area (Å²) in [5.41, 5.74) is 12.3. The Hall–Kier alpha value is -11.9. The van der Waals surface area contributed by atoms with Crippen molar-refractivity contribution in [1.82, 2.24) is 75.4 Å². The van der Waals surface area contributed by atoms with Crippen molar-refractivity contribution in [3.8, 4) is 33.6 Å². The molecule has 3 aliphatic carbocycles. The van der Waals surface area contributed by atoms with Crippen LogP contribution in [0.2, 0.25) is 10.0 Å². The number of hydrogen-bond acceptors (Lipinski definition) is 25. The van der Waals surface area contributed by atoms with Gasteiger partial charge in [-0.3, -0.25) is 33.6 Å². The highest BCUT2D eigenvalue weighted by molar-refractivity contribution is 7.15. The fourth-order valence-electron chi connectivity index (χ4n) is 20.7. The molecule has 8 aliphatic rings. The lowest BCUT2D eigenvalue weighted by atomic mass is 9.55. The lowest BCUT2D eigenvalue weighted by Crippen LogP contribution is -2.57. The van der Waals surface area contributed by atoms with Crippen LogP contribution in [-0.2, 0) is 19.3 Å². The van der Waals surface area contributed by atoms with E-state index in [1.165, 1.54) is 32.0 Å². The molecule has 12 aromatic rings. The number of nitriles is 2. The highest BCUT2D eigenvalue weighted by Crippen LogP contribution is 2.56. The maximum Gasteiger partial charge on any atom is 0.272 e. The predicted molar refractivity (Wildman–Crippen MR) is 479 cm³/mol. The number of ether oxygens (including phenoxy) is 2. The van der Waals surface area contributed by atoms with Crippen molar-refractivity contribution in [2.45, 2.75) is 199 Å². The molecule has 8 aromatic heterocycles. The monoisotopic (exact) mass is 1760 g/mol. The fraction of sp³-hybridized carbons (Fsp3) is 0.411. The zero-order valence-electron chi connectivity index (χ0n) is 70.9. The molecular weight excluding hydrogens is 1670 g/mol. The number of hydrogen-bond donors (Lipinski definition) is 2. The molecule has 2 amide bonds. The molecule has 27 nitrogen and oxygen atoms in total. The average Bonchev–Trinajstić information content (AvgIpc) is 1.03. The Kier molecular flexibility index (Phi) is 22.6. The van der Waals surface area contributed by atoms with E-state index in [1.54, 1.807) is 84.0 Å². The summed E-state index contributed by atoms with van der Waals surface area (Å²) in [6, 6.07) is 39.6. The molecule has 3 saturated heterocycles. The number of likely N-dealkylation sites (tertiary alicyclic amines) is 1. The van der Waals surface area contributed by atoms with Gasteiger partial charge >= 0.3 is 0 Å². The first-order valence-corrected chi connectivity index (χ1v) is 46.1. The van der Waals surface area contributed by atoms with Crippen molar-refractivity contribution >= 4 is 80.7 Å². The molecule has 1 spiro atoms. The number of aryl methyl sites for hydroxylation is 5. The maximum atomic E-state index is 14.2. The van der Waals surface area contributed by atoms with E-state index in [-0.39, 0.29) is 83.0 Å². The van der Waals surface area contributed by atoms with E-state index >= 15 is 0 Å². The summed E-state index contributed by atoms with van der Waals surface area (Å²) >= 11 is 16.2. The van der Waals surface area contributed by atoms with Crippen molar-refractivity contribution < 1.29 is 27.9 Å². The van der Waals surface area contributed by atoms with E-state index in [0.717, 1.165) is 195 Å². The van der Waals surface area contributed by atoms with Gasteiger partial charge in [0.25, 0.3) is 11.8 Å². The molecule has 3 unspecified atom stereocenters. The lowest BCUT2D eigenvalue weighted by molar-refractivity contribution is 0.00826. The molecule has 6 fully saturated rings. The third-order valence-electron chi connectivity index (χ3n) is 27.4. The smallest absolute Gasteiger partial charge is 0.272 e. The number of benzene rings is 4. The first-order valence-electron chi connectivity index (χ1n) is 43.7. The Balaban J connectivity index is 0.562. The Morgan fingerprint density at radius 3 is 1.56 bits per heavy atom. The van der Waals surface area contributed by atoms with Gasteiger partial charge in [-0.1, -0.05) is 71.7 Å². The van der Waals surface area contributed by atoms with Crippen LogP contribution in [0, 0.1) is 81.5 Å². The summed E-state index contributed by atoms with van der Waals surface area (Å²) in [6.45, 7) is 16.7. The van der Waals surface area contributed by atoms with Crippen molar-refractivity contribution in [3.05, 3.63) is 256 Å². The van der Waals surface area contributed by atoms with Gasteiger partial charge in [0.05, 0.1) is 70.0 Å². The third kappa shape index (κ3) is 16.3.